The van der Waals surface area contributed by atoms with Gasteiger partial charge in [-0.2, -0.15) is 0 Å². The average Bonchev–Trinajstić information content (AvgIpc) is 3.31. The van der Waals surface area contributed by atoms with Crippen molar-refractivity contribution in [1.82, 2.24) is 0 Å². The van der Waals surface area contributed by atoms with Gasteiger partial charge in [-0.25, -0.2) is 0 Å². The van der Waals surface area contributed by atoms with E-state index in [9.17, 15) is 0 Å². The molecule has 2 aliphatic heterocycles. The fraction of sp³-hybridized carbons (Fsp3) is 1.00. The third kappa shape index (κ3) is 7.16. The summed E-state index contributed by atoms with van der Waals surface area (Å²) in [4.78, 5) is 0. The Bertz CT molecular complexity index is 228. The Morgan fingerprint density at radius 3 is 1.63 bits per heavy atom. The van der Waals surface area contributed by atoms with Crippen LogP contribution in [0.5, 0.6) is 0 Å². The van der Waals surface area contributed by atoms with Gasteiger partial charge in [0, 0.05) is 0 Å². The van der Waals surface area contributed by atoms with E-state index in [0.717, 1.165) is 10.5 Å². The summed E-state index contributed by atoms with van der Waals surface area (Å²) in [5, 5.41) is 8.45. The molecule has 0 aliphatic carbocycles. The van der Waals surface area contributed by atoms with Gasteiger partial charge < -0.3 is 0 Å². The van der Waals surface area contributed by atoms with Crippen molar-refractivity contribution in [1.29, 1.82) is 0 Å². The normalized spacial score (nSPS) is 25.6. The number of hydrogen-bond donors (Lipinski definition) is 0. The van der Waals surface area contributed by atoms with Gasteiger partial charge in [0.15, 0.2) is 0 Å². The Labute approximate surface area is 139 Å². The van der Waals surface area contributed by atoms with Crippen LogP contribution in [0, 0.1) is 0 Å². The van der Waals surface area contributed by atoms with Crippen LogP contribution in [0.15, 0.2) is 0 Å². The first-order valence-corrected chi connectivity index (χ1v) is 18.0. The van der Waals surface area contributed by atoms with Gasteiger partial charge in [-0.3, -0.25) is 0 Å². The first kappa shape index (κ1) is 17.3. The molecule has 0 aromatic rings. The van der Waals surface area contributed by atoms with Crippen molar-refractivity contribution >= 4 is 60.3 Å². The van der Waals surface area contributed by atoms with Crippen molar-refractivity contribution in [2.75, 3.05) is 34.5 Å². The van der Waals surface area contributed by atoms with Crippen LogP contribution in [0.4, 0.5) is 0 Å². The summed E-state index contributed by atoms with van der Waals surface area (Å²) in [6.07, 6.45) is 0. The first-order valence-electron chi connectivity index (χ1n) is 7.66. The van der Waals surface area contributed by atoms with E-state index >= 15 is 0 Å². The molecule has 0 saturated carbocycles. The second kappa shape index (κ2) is 9.17. The standard InChI is InChI=1S/C14H28GeS4/c1-3-15(4-2,5-7-16-9-13-11-18-13)6-8-17-10-14-12-19-14/h13-14H,3-12H2,1-2H3. The molecular formula is C14H28GeS4. The third-order valence-electron chi connectivity index (χ3n) is 4.47. The maximum absolute atomic E-state index is 2.49. The molecule has 2 atom stereocenters. The zero-order valence-corrected chi connectivity index (χ0v) is 17.7. The SMILES string of the molecule is C[CH2][Ge]([CH2]C)([CH2]CSCC1CS1)[CH2]CSCC1CS1. The summed E-state index contributed by atoms with van der Waals surface area (Å²) >= 11 is 7.36. The van der Waals surface area contributed by atoms with Crippen molar-refractivity contribution in [2.24, 2.45) is 0 Å². The van der Waals surface area contributed by atoms with E-state index < -0.39 is 13.3 Å². The van der Waals surface area contributed by atoms with Gasteiger partial charge in [0.25, 0.3) is 0 Å². The Balaban J connectivity index is 1.58. The molecule has 2 heterocycles. The molecule has 5 heteroatoms. The Morgan fingerprint density at radius 1 is 0.895 bits per heavy atom. The molecule has 0 aromatic carbocycles. The molecule has 0 aromatic heterocycles. The van der Waals surface area contributed by atoms with Crippen molar-refractivity contribution in [2.45, 2.75) is 45.4 Å². The van der Waals surface area contributed by atoms with E-state index in [4.69, 9.17) is 0 Å². The van der Waals surface area contributed by atoms with Crippen LogP contribution in [0.1, 0.15) is 13.8 Å². The van der Waals surface area contributed by atoms with Gasteiger partial charge in [-0.15, -0.1) is 0 Å². The fourth-order valence-corrected chi connectivity index (χ4v) is 18.6. The van der Waals surface area contributed by atoms with E-state index in [1.165, 1.54) is 34.5 Å². The summed E-state index contributed by atoms with van der Waals surface area (Å²) in [5.41, 5.74) is 0. The van der Waals surface area contributed by atoms with Gasteiger partial charge in [0.1, 0.15) is 0 Å². The molecule has 2 aliphatic rings. The number of hydrogen-bond acceptors (Lipinski definition) is 4. The molecule has 2 fully saturated rings. The van der Waals surface area contributed by atoms with Gasteiger partial charge in [-0.1, -0.05) is 0 Å². The van der Waals surface area contributed by atoms with Crippen molar-refractivity contribution in [3.8, 4) is 0 Å². The predicted molar refractivity (Wildman–Crippen MR) is 103 cm³/mol. The summed E-state index contributed by atoms with van der Waals surface area (Å²) in [7, 11) is 0. The molecule has 112 valence electrons. The van der Waals surface area contributed by atoms with Crippen LogP contribution < -0.4 is 0 Å². The van der Waals surface area contributed by atoms with Gasteiger partial charge in [-0.05, 0) is 0 Å². The fourth-order valence-electron chi connectivity index (χ4n) is 2.42. The van der Waals surface area contributed by atoms with Crippen LogP contribution in [0.3, 0.4) is 0 Å². The van der Waals surface area contributed by atoms with E-state index in [1.807, 2.05) is 0 Å². The maximum atomic E-state index is 2.49. The number of rotatable bonds is 12. The predicted octanol–water partition coefficient (Wildman–Crippen LogP) is 5.17. The molecule has 2 unspecified atom stereocenters. The Hall–Kier alpha value is 1.94. The van der Waals surface area contributed by atoms with Gasteiger partial charge >= 0.3 is 140 Å². The van der Waals surface area contributed by atoms with Gasteiger partial charge in [0.2, 0.25) is 0 Å². The molecule has 2 saturated heterocycles. The van der Waals surface area contributed by atoms with E-state index in [-0.39, 0.29) is 0 Å². The summed E-state index contributed by atoms with van der Waals surface area (Å²) in [6, 6.07) is 0. The zero-order chi connectivity index (χ0) is 13.6. The van der Waals surface area contributed by atoms with Gasteiger partial charge in [0.05, 0.1) is 0 Å². The molecule has 0 bridgehead atoms. The minimum absolute atomic E-state index is 1.03. The quantitative estimate of drug-likeness (QED) is 0.253. The van der Waals surface area contributed by atoms with Crippen molar-refractivity contribution in [3.05, 3.63) is 0 Å². The minimum atomic E-state index is -1.44. The molecule has 0 amide bonds. The topological polar surface area (TPSA) is 0 Å². The third-order valence-corrected chi connectivity index (χ3v) is 22.4. The monoisotopic (exact) mass is 398 g/mol. The van der Waals surface area contributed by atoms with Crippen LogP contribution in [-0.4, -0.2) is 58.3 Å². The number of thioether (sulfide) groups is 4. The van der Waals surface area contributed by atoms with E-state index in [1.54, 1.807) is 21.0 Å². The van der Waals surface area contributed by atoms with E-state index in [0.29, 0.717) is 0 Å². The second-order valence-electron chi connectivity index (χ2n) is 5.77. The molecule has 0 radical (unpaired) electrons. The van der Waals surface area contributed by atoms with Crippen LogP contribution in [0.2, 0.25) is 21.0 Å². The summed E-state index contributed by atoms with van der Waals surface area (Å²) in [6.45, 7) is 4.98. The Morgan fingerprint density at radius 2 is 1.32 bits per heavy atom. The molecule has 19 heavy (non-hydrogen) atoms. The first-order chi connectivity index (χ1) is 9.28. The van der Waals surface area contributed by atoms with Crippen LogP contribution in [-0.2, 0) is 0 Å². The molecular weight excluding hydrogens is 369 g/mol. The van der Waals surface area contributed by atoms with Crippen molar-refractivity contribution < 1.29 is 0 Å². The molecule has 0 N–H and O–H groups in total. The molecule has 0 spiro atoms. The summed E-state index contributed by atoms with van der Waals surface area (Å²) in [5.74, 6) is 8.70. The van der Waals surface area contributed by atoms with Crippen molar-refractivity contribution in [3.63, 3.8) is 0 Å². The zero-order valence-electron chi connectivity index (χ0n) is 12.4. The average molecular weight is 397 g/mol. The molecule has 0 nitrogen and oxygen atoms in total. The summed E-state index contributed by atoms with van der Waals surface area (Å²) < 4.78 is 0. The Kier molecular flexibility index (Phi) is 8.34. The van der Waals surface area contributed by atoms with E-state index in [2.05, 4.69) is 60.9 Å². The van der Waals surface area contributed by atoms with Crippen LogP contribution >= 0.6 is 47.0 Å². The second-order valence-corrected chi connectivity index (χ2v) is 22.1. The van der Waals surface area contributed by atoms with Crippen LogP contribution in [0.25, 0.3) is 0 Å². The molecule has 2 rings (SSSR count).